The Bertz CT molecular complexity index is 946. The summed E-state index contributed by atoms with van der Waals surface area (Å²) in [4.78, 5) is 8.80. The van der Waals surface area contributed by atoms with Crippen molar-refractivity contribution < 1.29 is 19.4 Å². The normalized spacial score (nSPS) is 25.0. The van der Waals surface area contributed by atoms with E-state index in [2.05, 4.69) is 25.1 Å². The summed E-state index contributed by atoms with van der Waals surface area (Å²) >= 11 is 0. The van der Waals surface area contributed by atoms with E-state index in [0.29, 0.717) is 16.7 Å². The average Bonchev–Trinajstić information content (AvgIpc) is 3.40. The van der Waals surface area contributed by atoms with Crippen molar-refractivity contribution in [1.29, 1.82) is 0 Å². The molecule has 0 saturated carbocycles. The van der Waals surface area contributed by atoms with E-state index in [1.807, 2.05) is 0 Å². The first-order chi connectivity index (χ1) is 14.6. The number of rotatable bonds is 4. The van der Waals surface area contributed by atoms with Crippen LogP contribution in [0.4, 0.5) is 16.1 Å². The van der Waals surface area contributed by atoms with Gasteiger partial charge in [-0.2, -0.15) is 5.12 Å². The molecule has 10 nitrogen and oxygen atoms in total. The highest BCUT2D eigenvalue weighted by molar-refractivity contribution is 5.79. The van der Waals surface area contributed by atoms with Crippen molar-refractivity contribution in [3.05, 3.63) is 23.8 Å². The van der Waals surface area contributed by atoms with E-state index < -0.39 is 6.17 Å². The fraction of sp³-hybridized carbons (Fsp3) is 0.526. The van der Waals surface area contributed by atoms with Crippen molar-refractivity contribution >= 4 is 17.9 Å². The third-order valence-corrected chi connectivity index (χ3v) is 5.97. The molecule has 0 aliphatic carbocycles. The van der Waals surface area contributed by atoms with Crippen molar-refractivity contribution in [3.63, 3.8) is 0 Å². The van der Waals surface area contributed by atoms with Gasteiger partial charge in [-0.3, -0.25) is 9.80 Å². The van der Waals surface area contributed by atoms with Gasteiger partial charge in [0, 0.05) is 44.0 Å². The van der Waals surface area contributed by atoms with Crippen LogP contribution in [0.5, 0.6) is 11.5 Å². The lowest BCUT2D eigenvalue weighted by molar-refractivity contribution is 0.0178. The summed E-state index contributed by atoms with van der Waals surface area (Å²) in [6, 6.07) is 4.57. The Kier molecular flexibility index (Phi) is 5.01. The maximum Gasteiger partial charge on any atom is 0.221 e. The molecule has 0 bridgehead atoms. The van der Waals surface area contributed by atoms with Gasteiger partial charge >= 0.3 is 0 Å². The quantitative estimate of drug-likeness (QED) is 0.558. The van der Waals surface area contributed by atoms with Gasteiger partial charge in [0.15, 0.2) is 6.17 Å². The predicted molar refractivity (Wildman–Crippen MR) is 107 cm³/mol. The smallest absolute Gasteiger partial charge is 0.221 e. The van der Waals surface area contributed by atoms with Crippen LogP contribution in [0.1, 0.15) is 12.0 Å². The molecule has 30 heavy (non-hydrogen) atoms. The summed E-state index contributed by atoms with van der Waals surface area (Å²) < 4.78 is 22.3. The molecule has 2 aromatic rings. The monoisotopic (exact) mass is 417 g/mol. The molecule has 4 heterocycles. The molecule has 0 spiro atoms. The fourth-order valence-electron chi connectivity index (χ4n) is 4.36. The van der Waals surface area contributed by atoms with E-state index in [1.54, 1.807) is 6.21 Å². The second kappa shape index (κ2) is 7.82. The van der Waals surface area contributed by atoms with Gasteiger partial charge in [-0.25, -0.2) is 9.67 Å². The molecule has 1 aromatic heterocycles. The lowest BCUT2D eigenvalue weighted by atomic mass is 10.2. The molecule has 11 heteroatoms. The maximum absolute atomic E-state index is 15.5. The van der Waals surface area contributed by atoms with Crippen LogP contribution in [-0.4, -0.2) is 92.8 Å². The minimum Gasteiger partial charge on any atom is -0.508 e. The van der Waals surface area contributed by atoms with Crippen molar-refractivity contribution in [2.45, 2.75) is 25.2 Å². The zero-order valence-corrected chi connectivity index (χ0v) is 16.4. The number of fused-ring (bicyclic) bond motifs is 1. The number of aromatic nitrogens is 3. The topological polar surface area (TPSA) is 102 Å². The van der Waals surface area contributed by atoms with Gasteiger partial charge in [0.05, 0.1) is 19.8 Å². The minimum atomic E-state index is -0.640. The van der Waals surface area contributed by atoms with Crippen LogP contribution in [0.3, 0.4) is 0 Å². The maximum atomic E-state index is 15.5. The fourth-order valence-corrected chi connectivity index (χ4v) is 4.36. The van der Waals surface area contributed by atoms with Crippen LogP contribution in [-0.2, 0) is 11.3 Å². The van der Waals surface area contributed by atoms with Crippen molar-refractivity contribution in [3.8, 4) is 11.5 Å². The zero-order valence-electron chi connectivity index (χ0n) is 16.4. The summed E-state index contributed by atoms with van der Waals surface area (Å²) in [6.45, 7) is 4.88. The number of nitrogens with zero attached hydrogens (tertiary/aromatic N) is 7. The summed E-state index contributed by atoms with van der Waals surface area (Å²) in [5.41, 5.74) is 0.413. The molecule has 3 aliphatic rings. The number of hydrogen-bond donors (Lipinski definition) is 2. The number of aliphatic imine (C=N–C) groups is 1. The number of halogens is 1. The number of benzene rings is 1. The molecule has 2 atom stereocenters. The Hall–Kier alpha value is -2.76. The highest BCUT2D eigenvalue weighted by Gasteiger charge is 2.38. The van der Waals surface area contributed by atoms with Gasteiger partial charge in [0.25, 0.3) is 0 Å². The molecule has 0 radical (unpaired) electrons. The minimum absolute atomic E-state index is 0.00813. The van der Waals surface area contributed by atoms with Crippen molar-refractivity contribution in [1.82, 2.24) is 24.8 Å². The van der Waals surface area contributed by atoms with Crippen LogP contribution in [0, 0.1) is 0 Å². The molecule has 1 aromatic carbocycles. The Morgan fingerprint density at radius 1 is 1.13 bits per heavy atom. The van der Waals surface area contributed by atoms with Gasteiger partial charge < -0.3 is 14.9 Å². The van der Waals surface area contributed by atoms with E-state index in [9.17, 15) is 10.2 Å². The van der Waals surface area contributed by atoms with Gasteiger partial charge in [0.1, 0.15) is 11.5 Å². The van der Waals surface area contributed by atoms with Crippen molar-refractivity contribution in [2.24, 2.45) is 4.99 Å². The molecule has 3 aliphatic heterocycles. The number of anilines is 1. The number of aromatic hydroxyl groups is 2. The summed E-state index contributed by atoms with van der Waals surface area (Å²) in [5.74, 6) is 0.333. The Balaban J connectivity index is 1.33. The Labute approximate surface area is 172 Å². The van der Waals surface area contributed by atoms with Gasteiger partial charge in [-0.1, -0.05) is 9.69 Å². The molecule has 2 saturated heterocycles. The standard InChI is InChI=1S/C19H24FN7O3/c20-27-17(25-4-3-14(12-25)24-5-7-30-8-6-24)10-21-18-19(27)26(23-22-18)11-13-9-15(28)1-2-16(13)29/h1-2,9-10,14,17,28-29H,3-8,11-12H2/t14-,17?/m1/s1. The number of ether oxygens (including phenoxy) is 1. The van der Waals surface area contributed by atoms with Gasteiger partial charge in [-0.15, -0.1) is 5.10 Å². The molecular weight excluding hydrogens is 393 g/mol. The van der Waals surface area contributed by atoms with Crippen LogP contribution >= 0.6 is 0 Å². The van der Waals surface area contributed by atoms with E-state index in [1.165, 1.54) is 22.9 Å². The lowest BCUT2D eigenvalue weighted by Gasteiger charge is -2.34. The number of morpholine rings is 1. The highest BCUT2D eigenvalue weighted by Crippen LogP contribution is 2.35. The van der Waals surface area contributed by atoms with E-state index in [0.717, 1.165) is 45.8 Å². The highest BCUT2D eigenvalue weighted by atomic mass is 19.2. The number of hydrogen-bond acceptors (Lipinski definition) is 9. The van der Waals surface area contributed by atoms with E-state index >= 15 is 4.48 Å². The van der Waals surface area contributed by atoms with Gasteiger partial charge in [-0.05, 0) is 24.6 Å². The average molecular weight is 417 g/mol. The van der Waals surface area contributed by atoms with E-state index in [-0.39, 0.29) is 29.7 Å². The molecule has 160 valence electrons. The third kappa shape index (κ3) is 3.48. The largest absolute Gasteiger partial charge is 0.508 e. The van der Waals surface area contributed by atoms with Crippen LogP contribution in [0.2, 0.25) is 0 Å². The number of likely N-dealkylation sites (tertiary alicyclic amines) is 1. The summed E-state index contributed by atoms with van der Waals surface area (Å²) in [5, 5.41) is 28.3. The molecule has 2 fully saturated rings. The van der Waals surface area contributed by atoms with Crippen molar-refractivity contribution in [2.75, 3.05) is 44.5 Å². The first kappa shape index (κ1) is 19.2. The molecule has 1 unspecified atom stereocenters. The molecule has 2 N–H and O–H groups in total. The number of phenols is 2. The predicted octanol–water partition coefficient (Wildman–Crippen LogP) is 0.877. The van der Waals surface area contributed by atoms with Gasteiger partial charge in [0.2, 0.25) is 11.6 Å². The SMILES string of the molecule is Oc1ccc(O)c(Cn2nnc3c2N(F)C(N2CC[C@@H](N4CCOCC4)C2)C=N3)c1. The molecule has 0 amide bonds. The van der Waals surface area contributed by atoms with Crippen LogP contribution in [0.15, 0.2) is 23.2 Å². The first-order valence-corrected chi connectivity index (χ1v) is 10.1. The molecular formula is C19H24FN7O3. The lowest BCUT2D eigenvalue weighted by Crippen LogP contribution is -2.49. The summed E-state index contributed by atoms with van der Waals surface area (Å²) in [6.07, 6.45) is 1.90. The second-order valence-electron chi connectivity index (χ2n) is 7.80. The second-order valence-corrected chi connectivity index (χ2v) is 7.80. The first-order valence-electron chi connectivity index (χ1n) is 10.1. The zero-order chi connectivity index (χ0) is 20.7. The Morgan fingerprint density at radius 2 is 1.97 bits per heavy atom. The third-order valence-electron chi connectivity index (χ3n) is 5.97. The van der Waals surface area contributed by atoms with E-state index in [4.69, 9.17) is 4.74 Å². The van der Waals surface area contributed by atoms with Crippen LogP contribution in [0.25, 0.3) is 0 Å². The number of phenolic OH excluding ortho intramolecular Hbond substituents is 2. The summed E-state index contributed by atoms with van der Waals surface area (Å²) in [7, 11) is 0. The molecule has 5 rings (SSSR count). The van der Waals surface area contributed by atoms with Crippen LogP contribution < -0.4 is 5.12 Å². The Morgan fingerprint density at radius 3 is 2.80 bits per heavy atom.